The third-order valence-electron chi connectivity index (χ3n) is 15.2. The summed E-state index contributed by atoms with van der Waals surface area (Å²) in [5, 5.41) is 8.14. The molecule has 0 bridgehead atoms. The lowest BCUT2D eigenvalue weighted by atomic mass is 9.85. The molecule has 1 saturated carbocycles. The summed E-state index contributed by atoms with van der Waals surface area (Å²) in [4.78, 5) is 19.7. The van der Waals surface area contributed by atoms with E-state index < -0.39 is 8.07 Å². The van der Waals surface area contributed by atoms with Crippen molar-refractivity contribution in [1.29, 1.82) is 0 Å². The van der Waals surface area contributed by atoms with Crippen molar-refractivity contribution in [2.24, 2.45) is 17.3 Å². The third-order valence-corrected chi connectivity index (χ3v) is 17.5. The van der Waals surface area contributed by atoms with Crippen LogP contribution in [0.15, 0.2) is 86.0 Å². The second-order valence-electron chi connectivity index (χ2n) is 19.8. The van der Waals surface area contributed by atoms with Crippen LogP contribution < -0.4 is 25.3 Å². The zero-order valence-corrected chi connectivity index (χ0v) is 40.1. The maximum Gasteiger partial charge on any atom is 0.229 e. The number of benzene rings is 2. The van der Waals surface area contributed by atoms with E-state index in [4.69, 9.17) is 16.5 Å². The lowest BCUT2D eigenvalue weighted by Gasteiger charge is -2.41. The zero-order valence-electron chi connectivity index (χ0n) is 39.2. The van der Waals surface area contributed by atoms with Crippen LogP contribution in [0.5, 0.6) is 0 Å². The number of piperidine rings is 2. The molecule has 3 atom stereocenters. The van der Waals surface area contributed by atoms with Gasteiger partial charge in [0.2, 0.25) is 5.95 Å². The number of fused-ring (bicyclic) bond motifs is 1. The van der Waals surface area contributed by atoms with Gasteiger partial charge in [0.25, 0.3) is 0 Å². The van der Waals surface area contributed by atoms with Crippen LogP contribution in [0.3, 0.4) is 0 Å². The molecule has 2 aromatic carbocycles. The molecule has 3 aromatic rings. The molecule has 9 nitrogen and oxygen atoms in total. The Morgan fingerprint density at radius 2 is 1.70 bits per heavy atom. The summed E-state index contributed by atoms with van der Waals surface area (Å²) < 4.78 is 18.2. The SMILES string of the molecule is C=C1CCC(c2ccc(N3CCN(CC(C)C4CCN(P(C)C(=C)c5ccc(Nc6ncc7c(n6)N(C6CCCC6)CC(C)(C)C(=C)N7C)c(CC)c5)CC4)CC3)c(F)c2)C(=C)N1. The number of piperazine rings is 1. The Labute approximate surface area is 379 Å². The van der Waals surface area contributed by atoms with Crippen molar-refractivity contribution in [2.75, 3.05) is 86.1 Å². The van der Waals surface area contributed by atoms with Crippen molar-refractivity contribution in [2.45, 2.75) is 97.4 Å². The van der Waals surface area contributed by atoms with Crippen molar-refractivity contribution >= 4 is 42.2 Å². The number of nitrogens with one attached hydrogen (secondary N) is 2. The van der Waals surface area contributed by atoms with Crippen molar-refractivity contribution < 1.29 is 4.39 Å². The summed E-state index contributed by atoms with van der Waals surface area (Å²) in [5.74, 6) is 2.98. The Hall–Kier alpha value is -4.24. The Bertz CT molecular complexity index is 2180. The van der Waals surface area contributed by atoms with Crippen molar-refractivity contribution in [1.82, 2.24) is 24.9 Å². The average molecular weight is 874 g/mol. The second kappa shape index (κ2) is 19.1. The number of aromatic nitrogens is 2. The van der Waals surface area contributed by atoms with E-state index >= 15 is 4.39 Å². The van der Waals surface area contributed by atoms with Crippen molar-refractivity contribution in [3.05, 3.63) is 109 Å². The van der Waals surface area contributed by atoms with E-state index in [0.29, 0.717) is 23.8 Å². The van der Waals surface area contributed by atoms with Gasteiger partial charge in [0.1, 0.15) is 11.5 Å². The third kappa shape index (κ3) is 9.74. The van der Waals surface area contributed by atoms with Crippen LogP contribution in [0, 0.1) is 23.1 Å². The van der Waals surface area contributed by atoms with Gasteiger partial charge >= 0.3 is 0 Å². The van der Waals surface area contributed by atoms with Crippen molar-refractivity contribution in [3.8, 4) is 0 Å². The molecule has 1 aliphatic carbocycles. The number of rotatable bonds is 12. The number of aryl methyl sites for hydroxylation is 1. The first kappa shape index (κ1) is 45.3. The molecule has 1 aromatic heterocycles. The van der Waals surface area contributed by atoms with Gasteiger partial charge < -0.3 is 25.3 Å². The summed E-state index contributed by atoms with van der Waals surface area (Å²) in [6.45, 7) is 36.9. The molecular weight excluding hydrogens is 801 g/mol. The van der Waals surface area contributed by atoms with E-state index in [1.54, 1.807) is 6.07 Å². The summed E-state index contributed by atoms with van der Waals surface area (Å²) >= 11 is 0. The standard InChI is InChI=1S/C52H73FN9P/c1-11-40-30-42(17-20-47(40)56-51-54-32-49-50(57-51)62(44-14-12-13-15-44)34-52(7,8)39(6)58(49)9)38(5)63(10)61-24-22-41(23-25-61)35(2)33-59-26-28-60(29-27-59)48-21-18-43(31-46(48)53)45-19-16-36(3)55-37(45)4/h17-18,20-21,30-32,35,41,44-45,55H,3-6,11-16,19,22-29,33-34H2,1-2,7-10H3,(H,54,56,57). The number of hydrogen-bond acceptors (Lipinski definition) is 9. The van der Waals surface area contributed by atoms with Crippen LogP contribution in [0.1, 0.15) is 102 Å². The topological polar surface area (TPSA) is 66.0 Å². The molecule has 5 heterocycles. The van der Waals surface area contributed by atoms with E-state index in [-0.39, 0.29) is 17.2 Å². The Morgan fingerprint density at radius 3 is 2.38 bits per heavy atom. The molecule has 338 valence electrons. The molecule has 3 unspecified atom stereocenters. The minimum absolute atomic E-state index is 0.0794. The number of nitrogens with zero attached hydrogens (tertiary/aromatic N) is 7. The van der Waals surface area contributed by atoms with Gasteiger partial charge in [0, 0.05) is 99.6 Å². The van der Waals surface area contributed by atoms with Gasteiger partial charge in [-0.15, -0.1) is 0 Å². The Balaban J connectivity index is 0.831. The molecule has 8 rings (SSSR count). The van der Waals surface area contributed by atoms with Crippen LogP contribution in [-0.4, -0.2) is 91.7 Å². The number of anilines is 5. The molecule has 0 spiro atoms. The highest BCUT2D eigenvalue weighted by Crippen LogP contribution is 2.52. The molecule has 3 saturated heterocycles. The predicted molar refractivity (Wildman–Crippen MR) is 266 cm³/mol. The number of hydrogen-bond donors (Lipinski definition) is 2. The van der Waals surface area contributed by atoms with Crippen molar-refractivity contribution in [3.63, 3.8) is 0 Å². The predicted octanol–water partition coefficient (Wildman–Crippen LogP) is 11.3. The van der Waals surface area contributed by atoms with E-state index in [1.807, 2.05) is 12.3 Å². The van der Waals surface area contributed by atoms with Gasteiger partial charge in [-0.2, -0.15) is 4.98 Å². The minimum Gasteiger partial charge on any atom is -0.367 e. The molecule has 4 aliphatic heterocycles. The smallest absolute Gasteiger partial charge is 0.229 e. The van der Waals surface area contributed by atoms with E-state index in [2.05, 4.69) is 120 Å². The van der Waals surface area contributed by atoms with E-state index in [9.17, 15) is 0 Å². The maximum atomic E-state index is 15.5. The molecule has 0 amide bonds. The summed E-state index contributed by atoms with van der Waals surface area (Å²) in [6.07, 6.45) is 12.1. The van der Waals surface area contributed by atoms with Gasteiger partial charge in [0.05, 0.1) is 11.9 Å². The quantitative estimate of drug-likeness (QED) is 0.173. The first-order chi connectivity index (χ1) is 30.2. The van der Waals surface area contributed by atoms with E-state index in [1.165, 1.54) is 55.0 Å². The van der Waals surface area contributed by atoms with Crippen LogP contribution in [0.2, 0.25) is 0 Å². The fraction of sp³-hybridized carbons (Fsp3) is 0.538. The fourth-order valence-electron chi connectivity index (χ4n) is 11.0. The summed E-state index contributed by atoms with van der Waals surface area (Å²) in [6, 6.07) is 13.1. The Morgan fingerprint density at radius 1 is 0.968 bits per heavy atom. The highest BCUT2D eigenvalue weighted by atomic mass is 31.1. The van der Waals surface area contributed by atoms with Gasteiger partial charge in [-0.25, -0.2) is 9.37 Å². The molecule has 2 N–H and O–H groups in total. The fourth-order valence-corrected chi connectivity index (χ4v) is 12.7. The first-order valence-corrected chi connectivity index (χ1v) is 25.5. The van der Waals surface area contributed by atoms with Gasteiger partial charge in [-0.1, -0.05) is 79.0 Å². The largest absolute Gasteiger partial charge is 0.367 e. The maximum absolute atomic E-state index is 15.5. The normalized spacial score (nSPS) is 22.7. The number of allylic oxidation sites excluding steroid dienone is 2. The van der Waals surface area contributed by atoms with Gasteiger partial charge in [0.15, 0.2) is 5.82 Å². The van der Waals surface area contributed by atoms with Gasteiger partial charge in [-0.3, -0.25) is 9.57 Å². The molecule has 11 heteroatoms. The van der Waals surface area contributed by atoms with Crippen LogP contribution in [0.4, 0.5) is 33.2 Å². The minimum atomic E-state index is -0.521. The van der Waals surface area contributed by atoms with Crippen LogP contribution in [0.25, 0.3) is 5.31 Å². The number of halogens is 1. The highest BCUT2D eigenvalue weighted by Gasteiger charge is 2.38. The Kier molecular flexibility index (Phi) is 13.7. The highest BCUT2D eigenvalue weighted by molar-refractivity contribution is 7.65. The molecule has 4 fully saturated rings. The second-order valence-corrected chi connectivity index (χ2v) is 21.9. The zero-order chi connectivity index (χ0) is 44.6. The molecular formula is C52H73FN9P. The summed E-state index contributed by atoms with van der Waals surface area (Å²) in [5.41, 5.74) is 9.20. The lowest BCUT2D eigenvalue weighted by molar-refractivity contribution is 0.156. The van der Waals surface area contributed by atoms with Crippen LogP contribution in [-0.2, 0) is 6.42 Å². The lowest BCUT2D eigenvalue weighted by Crippen LogP contribution is -2.48. The first-order valence-electron chi connectivity index (χ1n) is 23.8. The molecule has 5 aliphatic rings. The van der Waals surface area contributed by atoms with E-state index in [0.717, 1.165) is 117 Å². The van der Waals surface area contributed by atoms with Gasteiger partial charge in [-0.05, 0) is 118 Å². The summed E-state index contributed by atoms with van der Waals surface area (Å²) in [7, 11) is 1.58. The molecule has 0 radical (unpaired) electrons. The van der Waals surface area contributed by atoms with Crippen LogP contribution >= 0.6 is 8.07 Å². The monoisotopic (exact) mass is 874 g/mol. The molecule has 63 heavy (non-hydrogen) atoms. The average Bonchev–Trinajstić information content (AvgIpc) is 3.81.